The molecule has 2 aliphatic rings. The molecule has 4 atom stereocenters. The number of benzene rings is 1. The Bertz CT molecular complexity index is 850. The molecule has 3 rings (SSSR count). The van der Waals surface area contributed by atoms with E-state index in [1.165, 1.54) is 0 Å². The Labute approximate surface area is 199 Å². The van der Waals surface area contributed by atoms with Gasteiger partial charge in [-0.15, -0.1) is 0 Å². The Morgan fingerprint density at radius 2 is 1.73 bits per heavy atom. The van der Waals surface area contributed by atoms with Gasteiger partial charge in [0.1, 0.15) is 6.54 Å². The number of likely N-dealkylation sites (tertiary alicyclic amines) is 1. The summed E-state index contributed by atoms with van der Waals surface area (Å²) in [5.41, 5.74) is 1.58. The van der Waals surface area contributed by atoms with Crippen LogP contribution < -0.4 is 5.32 Å². The van der Waals surface area contributed by atoms with Gasteiger partial charge in [0.15, 0.2) is 6.61 Å². The van der Waals surface area contributed by atoms with Gasteiger partial charge in [0, 0.05) is 19.8 Å². The Morgan fingerprint density at radius 1 is 1.13 bits per heavy atom. The molecule has 1 aliphatic carbocycles. The number of nitrogens with one attached hydrogen (secondary N) is 1. The monoisotopic (exact) mass is 606 g/mol. The number of carbonyl (C=O) groups is 4. The molecule has 1 N–H and O–H groups in total. The fraction of sp³-hybridized carbons (Fsp3) is 0.500. The predicted molar refractivity (Wildman–Crippen MR) is 121 cm³/mol. The van der Waals surface area contributed by atoms with Crippen molar-refractivity contribution in [1.82, 2.24) is 4.90 Å². The number of hydrogen-bond acceptors (Lipinski definition) is 5. The summed E-state index contributed by atoms with van der Waals surface area (Å²) in [4.78, 5) is 50.7. The van der Waals surface area contributed by atoms with E-state index >= 15 is 0 Å². The van der Waals surface area contributed by atoms with Crippen LogP contribution in [0.25, 0.3) is 0 Å². The van der Waals surface area contributed by atoms with Crippen molar-refractivity contribution in [2.24, 2.45) is 11.8 Å². The second-order valence-corrected chi connectivity index (χ2v) is 10.6. The molecule has 0 aromatic heterocycles. The fourth-order valence-corrected chi connectivity index (χ4v) is 5.45. The molecule has 1 saturated heterocycles. The van der Waals surface area contributed by atoms with Crippen molar-refractivity contribution in [1.29, 1.82) is 0 Å². The van der Waals surface area contributed by atoms with Crippen LogP contribution in [0.3, 0.4) is 0 Å². The molecular weight excluding hydrogens is 588 g/mol. The molecule has 0 spiro atoms. The van der Waals surface area contributed by atoms with Crippen LogP contribution in [0, 0.1) is 11.8 Å². The Morgan fingerprint density at radius 3 is 2.30 bits per heavy atom. The molecule has 30 heavy (non-hydrogen) atoms. The van der Waals surface area contributed by atoms with E-state index in [-0.39, 0.29) is 21.5 Å². The number of fused-ring (bicyclic) bond motifs is 1. The first-order chi connectivity index (χ1) is 14.2. The van der Waals surface area contributed by atoms with E-state index in [2.05, 4.69) is 53.1 Å². The van der Waals surface area contributed by atoms with Crippen LogP contribution in [0.1, 0.15) is 25.3 Å². The van der Waals surface area contributed by atoms with Crippen molar-refractivity contribution in [2.75, 3.05) is 18.5 Å². The number of alkyl halides is 2. The van der Waals surface area contributed by atoms with Crippen molar-refractivity contribution in [3.05, 3.63) is 28.2 Å². The third-order valence-electron chi connectivity index (χ3n) is 5.38. The predicted octanol–water partition coefficient (Wildman–Crippen LogP) is 3.42. The summed E-state index contributed by atoms with van der Waals surface area (Å²) in [6.45, 7) is 0.999. The maximum atomic E-state index is 12.6. The smallest absolute Gasteiger partial charge is 0.326 e. The summed E-state index contributed by atoms with van der Waals surface area (Å²) >= 11 is 10.4. The maximum Gasteiger partial charge on any atom is 0.326 e. The number of hydrogen-bond donors (Lipinski definition) is 1. The molecule has 10 heteroatoms. The van der Waals surface area contributed by atoms with Crippen LogP contribution in [-0.2, 0) is 30.3 Å². The summed E-state index contributed by atoms with van der Waals surface area (Å²) in [6.07, 6.45) is 1.79. The maximum absolute atomic E-state index is 12.6. The Kier molecular flexibility index (Phi) is 7.73. The van der Waals surface area contributed by atoms with Gasteiger partial charge in [0.2, 0.25) is 11.8 Å². The molecular formula is C20H21Br3N2O5. The summed E-state index contributed by atoms with van der Waals surface area (Å²) in [7, 11) is 0. The van der Waals surface area contributed by atoms with E-state index in [9.17, 15) is 19.2 Å². The van der Waals surface area contributed by atoms with Gasteiger partial charge in [-0.25, -0.2) is 0 Å². The molecule has 3 amide bonds. The Hall–Kier alpha value is -1.26. The first-order valence-corrected chi connectivity index (χ1v) is 12.2. The lowest BCUT2D eigenvalue weighted by Crippen LogP contribution is -2.37. The molecule has 1 aromatic carbocycles. The van der Waals surface area contributed by atoms with E-state index in [1.54, 1.807) is 12.1 Å². The number of ether oxygens (including phenoxy) is 1. The largest absolute Gasteiger partial charge is 0.454 e. The molecule has 162 valence electrons. The Balaban J connectivity index is 1.53. The van der Waals surface area contributed by atoms with Gasteiger partial charge in [-0.3, -0.25) is 24.1 Å². The van der Waals surface area contributed by atoms with Crippen LogP contribution in [0.15, 0.2) is 22.7 Å². The van der Waals surface area contributed by atoms with Crippen molar-refractivity contribution in [2.45, 2.75) is 35.8 Å². The van der Waals surface area contributed by atoms with Crippen LogP contribution in [-0.4, -0.2) is 51.4 Å². The molecule has 1 aliphatic heterocycles. The molecule has 0 unspecified atom stereocenters. The van der Waals surface area contributed by atoms with Crippen LogP contribution in [0.5, 0.6) is 0 Å². The topological polar surface area (TPSA) is 92.8 Å². The van der Waals surface area contributed by atoms with E-state index in [0.717, 1.165) is 21.4 Å². The fourth-order valence-electron chi connectivity index (χ4n) is 3.80. The van der Waals surface area contributed by atoms with Crippen molar-refractivity contribution in [3.8, 4) is 0 Å². The number of anilines is 1. The highest BCUT2D eigenvalue weighted by molar-refractivity contribution is 9.12. The zero-order valence-electron chi connectivity index (χ0n) is 16.2. The lowest BCUT2D eigenvalue weighted by molar-refractivity contribution is -0.154. The van der Waals surface area contributed by atoms with Gasteiger partial charge in [0.25, 0.3) is 5.91 Å². The van der Waals surface area contributed by atoms with Gasteiger partial charge in [-0.2, -0.15) is 0 Å². The molecule has 7 nitrogen and oxygen atoms in total. The minimum atomic E-state index is -0.789. The summed E-state index contributed by atoms with van der Waals surface area (Å²) < 4.78 is 5.91. The second-order valence-electron chi connectivity index (χ2n) is 7.34. The first kappa shape index (κ1) is 23.4. The summed E-state index contributed by atoms with van der Waals surface area (Å²) in [6, 6.07) is 5.47. The van der Waals surface area contributed by atoms with E-state index in [0.29, 0.717) is 18.5 Å². The summed E-state index contributed by atoms with van der Waals surface area (Å²) in [5, 5.41) is 2.71. The number of imide groups is 1. The van der Waals surface area contributed by atoms with Crippen molar-refractivity contribution in [3.63, 3.8) is 0 Å². The standard InChI is InChI=1S/C20H21Br3N2O5/c1-2-10-5-11(21)3-4-16(10)24-17(26)9-30-18(27)8-25-19(28)12-6-14(22)15(23)7-13(12)20(25)29/h3-5,12-15H,2,6-9H2,1H3,(H,24,26)/t12-,13-,14+,15+/m1/s1. The third-order valence-corrected chi connectivity index (χ3v) is 8.60. The van der Waals surface area contributed by atoms with Crippen molar-refractivity contribution >= 4 is 77.2 Å². The number of esters is 1. The number of aryl methyl sites for hydroxylation is 1. The number of halogens is 3. The van der Waals surface area contributed by atoms with Crippen LogP contribution in [0.2, 0.25) is 0 Å². The second kappa shape index (κ2) is 9.91. The quantitative estimate of drug-likeness (QED) is 0.304. The normalized spacial score (nSPS) is 25.8. The number of rotatable bonds is 6. The highest BCUT2D eigenvalue weighted by Crippen LogP contribution is 2.43. The average molecular weight is 609 g/mol. The SMILES string of the molecule is CCc1cc(Br)ccc1NC(=O)COC(=O)CN1C(=O)[C@@H]2C[C@H](Br)[C@@H](Br)C[C@H]2C1=O. The zero-order valence-corrected chi connectivity index (χ0v) is 21.0. The molecule has 1 aromatic rings. The number of carbonyl (C=O) groups excluding carboxylic acids is 4. The van der Waals surface area contributed by atoms with Gasteiger partial charge >= 0.3 is 5.97 Å². The number of nitrogens with zero attached hydrogens (tertiary/aromatic N) is 1. The first-order valence-electron chi connectivity index (χ1n) is 9.58. The van der Waals surface area contributed by atoms with Crippen molar-refractivity contribution < 1.29 is 23.9 Å². The van der Waals surface area contributed by atoms with Gasteiger partial charge < -0.3 is 10.1 Å². The van der Waals surface area contributed by atoms with Crippen LogP contribution in [0.4, 0.5) is 5.69 Å². The molecule has 1 saturated carbocycles. The highest BCUT2D eigenvalue weighted by atomic mass is 79.9. The molecule has 2 fully saturated rings. The minimum absolute atomic E-state index is 0.0951. The van der Waals surface area contributed by atoms with Gasteiger partial charge in [-0.1, -0.05) is 54.7 Å². The molecule has 1 heterocycles. The van der Waals surface area contributed by atoms with Gasteiger partial charge in [0.05, 0.1) is 11.8 Å². The third kappa shape index (κ3) is 5.13. The highest BCUT2D eigenvalue weighted by Gasteiger charge is 2.52. The van der Waals surface area contributed by atoms with Gasteiger partial charge in [-0.05, 0) is 43.0 Å². The average Bonchev–Trinajstić information content (AvgIpc) is 2.92. The number of amides is 3. The van der Waals surface area contributed by atoms with E-state index in [1.807, 2.05) is 13.0 Å². The minimum Gasteiger partial charge on any atom is -0.454 e. The summed E-state index contributed by atoms with van der Waals surface area (Å²) in [5.74, 6) is -2.82. The zero-order chi connectivity index (χ0) is 22.0. The molecule has 0 bridgehead atoms. The van der Waals surface area contributed by atoms with E-state index < -0.39 is 36.9 Å². The molecule has 0 radical (unpaired) electrons. The van der Waals surface area contributed by atoms with E-state index in [4.69, 9.17) is 4.74 Å². The lowest BCUT2D eigenvalue weighted by atomic mass is 9.81. The lowest BCUT2D eigenvalue weighted by Gasteiger charge is -2.29. The van der Waals surface area contributed by atoms with Crippen LogP contribution >= 0.6 is 47.8 Å².